The zero-order chi connectivity index (χ0) is 21.5. The van der Waals surface area contributed by atoms with E-state index < -0.39 is 10.0 Å². The van der Waals surface area contributed by atoms with Crippen LogP contribution in [0.2, 0.25) is 0 Å². The molecule has 0 aliphatic rings. The van der Waals surface area contributed by atoms with Crippen molar-refractivity contribution in [1.29, 1.82) is 0 Å². The van der Waals surface area contributed by atoms with E-state index in [4.69, 9.17) is 14.2 Å². The van der Waals surface area contributed by atoms with Crippen molar-refractivity contribution in [2.45, 2.75) is 4.90 Å². The van der Waals surface area contributed by atoms with E-state index >= 15 is 0 Å². The molecule has 2 heterocycles. The molecule has 0 spiro atoms. The topological polar surface area (TPSA) is 91.7 Å². The van der Waals surface area contributed by atoms with Crippen LogP contribution in [0.5, 0.6) is 17.5 Å². The second kappa shape index (κ2) is 7.42. The van der Waals surface area contributed by atoms with Crippen LogP contribution in [0.25, 0.3) is 21.8 Å². The molecule has 8 nitrogen and oxygen atoms in total. The van der Waals surface area contributed by atoms with E-state index in [-0.39, 0.29) is 16.5 Å². The van der Waals surface area contributed by atoms with Gasteiger partial charge in [-0.1, -0.05) is 0 Å². The Balaban J connectivity index is 1.81. The normalized spacial score (nSPS) is 11.6. The minimum absolute atomic E-state index is 0.119. The van der Waals surface area contributed by atoms with E-state index in [1.807, 2.05) is 29.8 Å². The summed E-state index contributed by atoms with van der Waals surface area (Å²) in [6, 6.07) is 13.9. The first-order valence-electron chi connectivity index (χ1n) is 9.06. The highest BCUT2D eigenvalue weighted by Gasteiger charge is 2.20. The van der Waals surface area contributed by atoms with Crippen molar-refractivity contribution in [3.05, 3.63) is 48.5 Å². The smallest absolute Gasteiger partial charge is 0.262 e. The molecule has 0 saturated carbocycles. The maximum absolute atomic E-state index is 13.1. The van der Waals surface area contributed by atoms with E-state index in [1.165, 1.54) is 14.2 Å². The molecule has 156 valence electrons. The number of hydrogen-bond donors (Lipinski definition) is 1. The third kappa shape index (κ3) is 3.26. The van der Waals surface area contributed by atoms with Crippen molar-refractivity contribution < 1.29 is 22.6 Å². The van der Waals surface area contributed by atoms with Gasteiger partial charge in [-0.15, -0.1) is 0 Å². The molecule has 0 aliphatic carbocycles. The lowest BCUT2D eigenvalue weighted by Crippen LogP contribution is -2.14. The quantitative estimate of drug-likeness (QED) is 0.506. The second-order valence-corrected chi connectivity index (χ2v) is 8.32. The fourth-order valence-corrected chi connectivity index (χ4v) is 4.53. The van der Waals surface area contributed by atoms with Crippen LogP contribution in [0, 0.1) is 0 Å². The maximum Gasteiger partial charge on any atom is 0.262 e. The van der Waals surface area contributed by atoms with E-state index in [1.54, 1.807) is 37.4 Å². The van der Waals surface area contributed by atoms with Gasteiger partial charge >= 0.3 is 0 Å². The lowest BCUT2D eigenvalue weighted by Gasteiger charge is -2.12. The minimum Gasteiger partial charge on any atom is -0.497 e. The predicted molar refractivity (Wildman–Crippen MR) is 115 cm³/mol. The molecule has 0 fully saturated rings. The number of aromatic nitrogens is 2. The van der Waals surface area contributed by atoms with Crippen LogP contribution in [0.3, 0.4) is 0 Å². The monoisotopic (exact) mass is 427 g/mol. The summed E-state index contributed by atoms with van der Waals surface area (Å²) in [5, 5.41) is 1.72. The van der Waals surface area contributed by atoms with Crippen LogP contribution in [0.1, 0.15) is 0 Å². The molecule has 0 saturated heterocycles. The molecule has 2 aromatic heterocycles. The van der Waals surface area contributed by atoms with Crippen molar-refractivity contribution in [1.82, 2.24) is 9.55 Å². The molecule has 0 amide bonds. The number of aryl methyl sites for hydroxylation is 1. The van der Waals surface area contributed by atoms with Crippen molar-refractivity contribution in [2.24, 2.45) is 7.05 Å². The number of methoxy groups -OCH3 is 3. The predicted octanol–water partition coefficient (Wildman–Crippen LogP) is 3.55. The van der Waals surface area contributed by atoms with Gasteiger partial charge in [-0.2, -0.15) is 4.98 Å². The number of nitrogens with one attached hydrogen (secondary N) is 1. The molecule has 0 bridgehead atoms. The molecule has 9 heteroatoms. The number of nitrogens with zero attached hydrogens (tertiary/aromatic N) is 2. The fraction of sp³-hybridized carbons (Fsp3) is 0.190. The lowest BCUT2D eigenvalue weighted by molar-refractivity contribution is 0.366. The van der Waals surface area contributed by atoms with Crippen molar-refractivity contribution >= 4 is 37.5 Å². The maximum atomic E-state index is 13.1. The molecule has 0 radical (unpaired) electrons. The number of benzene rings is 2. The molecule has 30 heavy (non-hydrogen) atoms. The number of fused-ring (bicyclic) bond motifs is 3. The highest BCUT2D eigenvalue weighted by molar-refractivity contribution is 7.92. The zero-order valence-electron chi connectivity index (χ0n) is 17.0. The number of rotatable bonds is 6. The van der Waals surface area contributed by atoms with Crippen LogP contribution < -0.4 is 18.9 Å². The second-order valence-electron chi connectivity index (χ2n) is 6.64. The molecular formula is C21H21N3O5S. The van der Waals surface area contributed by atoms with Crippen LogP contribution in [0.4, 0.5) is 5.69 Å². The average molecular weight is 427 g/mol. The van der Waals surface area contributed by atoms with Gasteiger partial charge in [0, 0.05) is 34.9 Å². The first-order chi connectivity index (χ1) is 14.4. The molecule has 1 N–H and O–H groups in total. The summed E-state index contributed by atoms with van der Waals surface area (Å²) in [5.41, 5.74) is 2.12. The zero-order valence-corrected chi connectivity index (χ0v) is 17.8. The Morgan fingerprint density at radius 1 is 0.867 bits per heavy atom. The average Bonchev–Trinajstić information content (AvgIpc) is 3.04. The van der Waals surface area contributed by atoms with Crippen LogP contribution in [-0.2, 0) is 17.1 Å². The SMILES string of the molecule is COc1ccc2c(c1)c1cc(S(=O)(=O)Nc3ccc(OC)nc3OC)ccc1n2C. The van der Waals surface area contributed by atoms with E-state index in [0.717, 1.165) is 21.8 Å². The first-order valence-corrected chi connectivity index (χ1v) is 10.5. The summed E-state index contributed by atoms with van der Waals surface area (Å²) >= 11 is 0. The van der Waals surface area contributed by atoms with E-state index in [9.17, 15) is 8.42 Å². The third-order valence-corrected chi connectivity index (χ3v) is 6.34. The summed E-state index contributed by atoms with van der Waals surface area (Å²) in [6.45, 7) is 0. The molecule has 0 aliphatic heterocycles. The van der Waals surface area contributed by atoms with Gasteiger partial charge in [0.25, 0.3) is 10.0 Å². The van der Waals surface area contributed by atoms with Gasteiger partial charge in [-0.05, 0) is 42.5 Å². The number of hydrogen-bond acceptors (Lipinski definition) is 6. The van der Waals surface area contributed by atoms with Gasteiger partial charge in [0.2, 0.25) is 11.8 Å². The first kappa shape index (κ1) is 19.8. The van der Waals surface area contributed by atoms with Gasteiger partial charge in [0.05, 0.1) is 26.2 Å². The minimum atomic E-state index is -3.88. The number of anilines is 1. The molecule has 4 aromatic rings. The Morgan fingerprint density at radius 2 is 1.57 bits per heavy atom. The fourth-order valence-electron chi connectivity index (χ4n) is 3.44. The molecule has 2 aromatic carbocycles. The number of pyridine rings is 1. The number of sulfonamides is 1. The summed E-state index contributed by atoms with van der Waals surface area (Å²) in [6.07, 6.45) is 0. The Morgan fingerprint density at radius 3 is 2.23 bits per heavy atom. The Kier molecular flexibility index (Phi) is 4.90. The standard InChI is InChI=1S/C21H21N3O5S/c1-24-18-8-5-13(27-2)11-15(18)16-12-14(6-9-19(16)24)30(25,26)23-17-7-10-20(28-3)22-21(17)29-4/h5-12,23H,1-4H3. The van der Waals surface area contributed by atoms with Gasteiger partial charge in [-0.25, -0.2) is 8.42 Å². The summed E-state index contributed by atoms with van der Waals surface area (Å²) < 4.78 is 46.3. The van der Waals surface area contributed by atoms with Gasteiger partial charge in [0.1, 0.15) is 11.4 Å². The van der Waals surface area contributed by atoms with Crippen molar-refractivity contribution in [2.75, 3.05) is 26.1 Å². The van der Waals surface area contributed by atoms with Gasteiger partial charge in [0.15, 0.2) is 0 Å². The van der Waals surface area contributed by atoms with Crippen LogP contribution in [-0.4, -0.2) is 39.3 Å². The van der Waals surface area contributed by atoms with Crippen molar-refractivity contribution in [3.63, 3.8) is 0 Å². The van der Waals surface area contributed by atoms with Crippen LogP contribution >= 0.6 is 0 Å². The number of ether oxygens (including phenoxy) is 3. The van der Waals surface area contributed by atoms with E-state index in [0.29, 0.717) is 11.6 Å². The Bertz CT molecular complexity index is 1360. The van der Waals surface area contributed by atoms with E-state index in [2.05, 4.69) is 9.71 Å². The van der Waals surface area contributed by atoms with Crippen molar-refractivity contribution in [3.8, 4) is 17.5 Å². The van der Waals surface area contributed by atoms with Gasteiger partial charge in [-0.3, -0.25) is 4.72 Å². The molecule has 0 atom stereocenters. The lowest BCUT2D eigenvalue weighted by atomic mass is 10.1. The highest BCUT2D eigenvalue weighted by atomic mass is 32.2. The van der Waals surface area contributed by atoms with Crippen LogP contribution in [0.15, 0.2) is 53.4 Å². The largest absolute Gasteiger partial charge is 0.497 e. The molecular weight excluding hydrogens is 406 g/mol. The van der Waals surface area contributed by atoms with Gasteiger partial charge < -0.3 is 18.8 Å². The Labute approximate surface area is 174 Å². The Hall–Kier alpha value is -3.46. The molecule has 4 rings (SSSR count). The summed E-state index contributed by atoms with van der Waals surface area (Å²) in [4.78, 5) is 4.24. The summed E-state index contributed by atoms with van der Waals surface area (Å²) in [7, 11) is 2.54. The molecule has 0 unspecified atom stereocenters. The third-order valence-electron chi connectivity index (χ3n) is 4.98. The summed E-state index contributed by atoms with van der Waals surface area (Å²) in [5.74, 6) is 1.14. The highest BCUT2D eigenvalue weighted by Crippen LogP contribution is 2.33.